The molecule has 5 heterocycles. The predicted octanol–water partition coefficient (Wildman–Crippen LogP) is 3.41. The third-order valence-electron chi connectivity index (χ3n) is 5.80. The van der Waals surface area contributed by atoms with Crippen LogP contribution in [0.25, 0.3) is 10.6 Å². The van der Waals surface area contributed by atoms with Crippen LogP contribution in [-0.4, -0.2) is 64.4 Å². The van der Waals surface area contributed by atoms with E-state index in [0.29, 0.717) is 55.9 Å². The number of thiazole rings is 1. The Balaban J connectivity index is 1.44. The van der Waals surface area contributed by atoms with E-state index >= 15 is 0 Å². The van der Waals surface area contributed by atoms with Gasteiger partial charge in [0, 0.05) is 56.1 Å². The minimum atomic E-state index is -0.375. The topological polar surface area (TPSA) is 120 Å². The van der Waals surface area contributed by atoms with Crippen LogP contribution >= 0.6 is 11.3 Å². The molecule has 4 bridgehead atoms. The molecule has 0 saturated carbocycles. The molecule has 0 spiro atoms. The number of hydrogen-bond acceptors (Lipinski definition) is 9. The monoisotopic (exact) mass is 482 g/mol. The average Bonchev–Trinajstić information content (AvgIpc) is 3.52. The van der Waals surface area contributed by atoms with Crippen LogP contribution in [0.3, 0.4) is 0 Å². The number of fused-ring (bicyclic) bond motifs is 6. The number of pyridine rings is 1. The van der Waals surface area contributed by atoms with E-state index in [0.717, 1.165) is 18.4 Å². The molecule has 1 amide bonds. The fourth-order valence-electron chi connectivity index (χ4n) is 3.99. The van der Waals surface area contributed by atoms with Crippen LogP contribution in [-0.2, 0) is 9.47 Å². The van der Waals surface area contributed by atoms with Gasteiger partial charge in [-0.25, -0.2) is 9.97 Å². The molecule has 0 aliphatic carbocycles. The van der Waals surface area contributed by atoms with Crippen LogP contribution in [0.2, 0.25) is 0 Å². The van der Waals surface area contributed by atoms with E-state index in [2.05, 4.69) is 25.7 Å². The van der Waals surface area contributed by atoms with Crippen molar-refractivity contribution >= 4 is 34.5 Å². The number of ketones is 1. The summed E-state index contributed by atoms with van der Waals surface area (Å²) < 4.78 is 12.9. The summed E-state index contributed by atoms with van der Waals surface area (Å²) in [5.41, 5.74) is 1.84. The van der Waals surface area contributed by atoms with Gasteiger partial charge < -0.3 is 20.1 Å². The number of rotatable bonds is 1. The minimum absolute atomic E-state index is 0.123. The summed E-state index contributed by atoms with van der Waals surface area (Å²) in [6.45, 7) is 2.86. The van der Waals surface area contributed by atoms with Crippen molar-refractivity contribution in [2.75, 3.05) is 43.6 Å². The van der Waals surface area contributed by atoms with Gasteiger partial charge in [0.15, 0.2) is 11.5 Å². The zero-order valence-electron chi connectivity index (χ0n) is 18.7. The summed E-state index contributed by atoms with van der Waals surface area (Å²) in [6.07, 6.45) is 5.94. The Kier molecular flexibility index (Phi) is 6.93. The number of nitrogens with one attached hydrogen (secondary N) is 2. The van der Waals surface area contributed by atoms with E-state index in [9.17, 15) is 9.59 Å². The lowest BCUT2D eigenvalue weighted by Crippen LogP contribution is -2.20. The number of amides is 1. The summed E-state index contributed by atoms with van der Waals surface area (Å²) in [6, 6.07) is 3.89. The smallest absolute Gasteiger partial charge is 0.275 e. The molecule has 5 rings (SSSR count). The SMILES string of the molecule is O=C1Nc2cn(C3CCOCC3)nc2C(=O)CCCOCCNc2cc(ccn2)-c2nc1cs2. The van der Waals surface area contributed by atoms with Gasteiger partial charge in [0.25, 0.3) is 5.91 Å². The Morgan fingerprint density at radius 1 is 1.12 bits per heavy atom. The maximum Gasteiger partial charge on any atom is 0.275 e. The number of carbonyl (C=O) groups excluding carboxylic acids is 2. The first kappa shape index (κ1) is 22.6. The predicted molar refractivity (Wildman–Crippen MR) is 127 cm³/mol. The first-order valence-corrected chi connectivity index (χ1v) is 12.3. The van der Waals surface area contributed by atoms with Crippen LogP contribution in [0.1, 0.15) is 52.7 Å². The fraction of sp³-hybridized carbons (Fsp3) is 0.435. The van der Waals surface area contributed by atoms with Crippen molar-refractivity contribution in [3.63, 3.8) is 0 Å². The van der Waals surface area contributed by atoms with Crippen molar-refractivity contribution in [3.8, 4) is 10.6 Å². The highest BCUT2D eigenvalue weighted by atomic mass is 32.1. The number of Topliss-reactive ketones (excluding diaryl/α,β-unsaturated/α-hetero) is 1. The standard InChI is InChI=1S/C23H26N6O4S/c30-19-2-1-8-32-11-7-25-20-12-15(3-6-24-20)23-27-18(14-34-23)22(31)26-17-13-29(28-21(17)19)16-4-9-33-10-5-16/h3,6,12-14,16H,1-2,4-5,7-11H2,(H,24,25)(H,26,31). The average molecular weight is 483 g/mol. The third-order valence-corrected chi connectivity index (χ3v) is 6.69. The molecule has 10 nitrogen and oxygen atoms in total. The lowest BCUT2D eigenvalue weighted by atomic mass is 10.1. The third kappa shape index (κ3) is 5.16. The van der Waals surface area contributed by atoms with Gasteiger partial charge in [0.1, 0.15) is 16.5 Å². The van der Waals surface area contributed by atoms with E-state index in [1.54, 1.807) is 22.5 Å². The van der Waals surface area contributed by atoms with Crippen LogP contribution < -0.4 is 10.6 Å². The van der Waals surface area contributed by atoms with Gasteiger partial charge in [-0.05, 0) is 31.4 Å². The highest BCUT2D eigenvalue weighted by Crippen LogP contribution is 2.28. The highest BCUT2D eigenvalue weighted by Gasteiger charge is 2.24. The summed E-state index contributed by atoms with van der Waals surface area (Å²) >= 11 is 1.38. The molecular formula is C23H26N6O4S. The molecule has 0 radical (unpaired) electrons. The Hall–Kier alpha value is -3.15. The van der Waals surface area contributed by atoms with E-state index < -0.39 is 0 Å². The van der Waals surface area contributed by atoms with Gasteiger partial charge in [0.05, 0.1) is 18.3 Å². The Bertz CT molecular complexity index is 1170. The second-order valence-corrected chi connectivity index (χ2v) is 9.06. The molecule has 2 aliphatic rings. The van der Waals surface area contributed by atoms with Crippen LogP contribution in [0, 0.1) is 0 Å². The number of nitrogens with zero attached hydrogens (tertiary/aromatic N) is 4. The minimum Gasteiger partial charge on any atom is -0.381 e. The van der Waals surface area contributed by atoms with Crippen molar-refractivity contribution < 1.29 is 19.1 Å². The van der Waals surface area contributed by atoms with Gasteiger partial charge in [0.2, 0.25) is 0 Å². The first-order chi connectivity index (χ1) is 16.7. The second-order valence-electron chi connectivity index (χ2n) is 8.20. The van der Waals surface area contributed by atoms with Crippen LogP contribution in [0.15, 0.2) is 29.9 Å². The molecule has 0 aromatic carbocycles. The van der Waals surface area contributed by atoms with Gasteiger partial charge in [-0.15, -0.1) is 11.3 Å². The molecule has 2 N–H and O–H groups in total. The van der Waals surface area contributed by atoms with Gasteiger partial charge in [-0.3, -0.25) is 14.3 Å². The van der Waals surface area contributed by atoms with Crippen LogP contribution in [0.4, 0.5) is 11.5 Å². The van der Waals surface area contributed by atoms with E-state index in [-0.39, 0.29) is 35.5 Å². The summed E-state index contributed by atoms with van der Waals surface area (Å²) in [5, 5.41) is 13.1. The van der Waals surface area contributed by atoms with Crippen molar-refractivity contribution in [1.29, 1.82) is 0 Å². The first-order valence-electron chi connectivity index (χ1n) is 11.4. The van der Waals surface area contributed by atoms with Crippen molar-refractivity contribution in [1.82, 2.24) is 19.7 Å². The molecule has 1 saturated heterocycles. The Labute approximate surface area is 200 Å². The molecular weight excluding hydrogens is 456 g/mol. The molecule has 3 aromatic rings. The highest BCUT2D eigenvalue weighted by molar-refractivity contribution is 7.13. The molecule has 0 unspecified atom stereocenters. The van der Waals surface area contributed by atoms with Crippen molar-refractivity contribution in [2.24, 2.45) is 0 Å². The zero-order chi connectivity index (χ0) is 23.3. The van der Waals surface area contributed by atoms with Gasteiger partial charge in [-0.2, -0.15) is 5.10 Å². The molecule has 2 aliphatic heterocycles. The lowest BCUT2D eigenvalue weighted by Gasteiger charge is -2.22. The van der Waals surface area contributed by atoms with Gasteiger partial charge in [-0.1, -0.05) is 0 Å². The number of anilines is 2. The summed E-state index contributed by atoms with van der Waals surface area (Å²) in [7, 11) is 0. The number of ether oxygens (including phenoxy) is 2. The number of carbonyl (C=O) groups is 2. The van der Waals surface area contributed by atoms with Crippen molar-refractivity contribution in [3.05, 3.63) is 41.3 Å². The number of aromatic nitrogens is 4. The maximum atomic E-state index is 13.0. The van der Waals surface area contributed by atoms with E-state index in [1.165, 1.54) is 11.3 Å². The van der Waals surface area contributed by atoms with Gasteiger partial charge >= 0.3 is 0 Å². The van der Waals surface area contributed by atoms with E-state index in [1.807, 2.05) is 12.1 Å². The van der Waals surface area contributed by atoms with Crippen molar-refractivity contribution in [2.45, 2.75) is 31.7 Å². The fourth-order valence-corrected chi connectivity index (χ4v) is 4.79. The molecule has 34 heavy (non-hydrogen) atoms. The molecule has 1 fully saturated rings. The normalized spacial score (nSPS) is 18.4. The molecule has 178 valence electrons. The quantitative estimate of drug-likeness (QED) is 0.541. The number of hydrogen-bond donors (Lipinski definition) is 2. The molecule has 0 atom stereocenters. The Morgan fingerprint density at radius 3 is 2.85 bits per heavy atom. The van der Waals surface area contributed by atoms with E-state index in [4.69, 9.17) is 9.47 Å². The maximum absolute atomic E-state index is 13.0. The Morgan fingerprint density at radius 2 is 1.97 bits per heavy atom. The zero-order valence-corrected chi connectivity index (χ0v) is 19.5. The van der Waals surface area contributed by atoms with Crippen LogP contribution in [0.5, 0.6) is 0 Å². The summed E-state index contributed by atoms with van der Waals surface area (Å²) in [5.74, 6) is 0.214. The largest absolute Gasteiger partial charge is 0.381 e. The lowest BCUT2D eigenvalue weighted by molar-refractivity contribution is 0.0660. The second kappa shape index (κ2) is 10.4. The molecule has 3 aromatic heterocycles. The summed E-state index contributed by atoms with van der Waals surface area (Å²) in [4.78, 5) is 34.9. The molecule has 11 heteroatoms.